The molecule has 4 aliphatic rings. The second-order valence-corrected chi connectivity index (χ2v) is 8.58. The smallest absolute Gasteiger partial charge is 0.139 e. The van der Waals surface area contributed by atoms with Gasteiger partial charge in [-0.2, -0.15) is 0 Å². The summed E-state index contributed by atoms with van der Waals surface area (Å²) in [6, 6.07) is 0. The van der Waals surface area contributed by atoms with Crippen LogP contribution in [0.3, 0.4) is 0 Å². The molecule has 0 bridgehead atoms. The maximum atomic E-state index is 12.3. The molecule has 4 rings (SSSR count). The SMILES string of the molecule is C[C@]12CCC(O)CC1CC[C@@H]1C2=CC[C@]2(C)C(=O)CC[C@@H]12. The predicted octanol–water partition coefficient (Wildman–Crippen LogP) is 3.88. The van der Waals surface area contributed by atoms with Crippen molar-refractivity contribution in [3.05, 3.63) is 11.6 Å². The van der Waals surface area contributed by atoms with E-state index in [9.17, 15) is 9.90 Å². The summed E-state index contributed by atoms with van der Waals surface area (Å²) in [6.07, 6.45) is 10.8. The number of hydrogen-bond acceptors (Lipinski definition) is 2. The summed E-state index contributed by atoms with van der Waals surface area (Å²) < 4.78 is 0. The number of hydrogen-bond donors (Lipinski definition) is 1. The number of allylic oxidation sites excluding steroid dienone is 2. The molecule has 116 valence electrons. The minimum absolute atomic E-state index is 0.0639. The fourth-order valence-corrected chi connectivity index (χ4v) is 6.29. The largest absolute Gasteiger partial charge is 0.393 e. The van der Waals surface area contributed by atoms with Gasteiger partial charge in [0, 0.05) is 11.8 Å². The Morgan fingerprint density at radius 3 is 2.76 bits per heavy atom. The topological polar surface area (TPSA) is 37.3 Å². The first-order valence-electron chi connectivity index (χ1n) is 8.87. The van der Waals surface area contributed by atoms with Crippen LogP contribution in [-0.4, -0.2) is 17.0 Å². The molecule has 2 heteroatoms. The van der Waals surface area contributed by atoms with E-state index in [4.69, 9.17) is 0 Å². The van der Waals surface area contributed by atoms with E-state index in [-0.39, 0.29) is 11.5 Å². The van der Waals surface area contributed by atoms with Gasteiger partial charge in [0.1, 0.15) is 5.78 Å². The van der Waals surface area contributed by atoms with Crippen LogP contribution in [0.25, 0.3) is 0 Å². The number of aliphatic hydroxyl groups excluding tert-OH is 1. The summed E-state index contributed by atoms with van der Waals surface area (Å²) in [5, 5.41) is 10.0. The quantitative estimate of drug-likeness (QED) is 0.687. The molecule has 6 atom stereocenters. The first-order chi connectivity index (χ1) is 9.95. The Labute approximate surface area is 128 Å². The summed E-state index contributed by atoms with van der Waals surface area (Å²) >= 11 is 0. The van der Waals surface area contributed by atoms with E-state index in [1.54, 1.807) is 5.57 Å². The Balaban J connectivity index is 1.71. The molecule has 2 nitrogen and oxygen atoms in total. The van der Waals surface area contributed by atoms with Crippen molar-refractivity contribution in [1.82, 2.24) is 0 Å². The summed E-state index contributed by atoms with van der Waals surface area (Å²) in [4.78, 5) is 12.3. The number of carbonyl (C=O) groups is 1. The molecule has 21 heavy (non-hydrogen) atoms. The highest BCUT2D eigenvalue weighted by atomic mass is 16.3. The van der Waals surface area contributed by atoms with Crippen LogP contribution in [-0.2, 0) is 4.79 Å². The second-order valence-electron chi connectivity index (χ2n) is 8.58. The average Bonchev–Trinajstić information content (AvgIpc) is 2.76. The average molecular weight is 288 g/mol. The molecule has 0 radical (unpaired) electrons. The van der Waals surface area contributed by atoms with Gasteiger partial charge in [-0.05, 0) is 68.1 Å². The summed E-state index contributed by atoms with van der Waals surface area (Å²) in [5.41, 5.74) is 1.91. The molecule has 0 spiro atoms. The highest BCUT2D eigenvalue weighted by molar-refractivity contribution is 5.87. The monoisotopic (exact) mass is 288 g/mol. The van der Waals surface area contributed by atoms with E-state index in [2.05, 4.69) is 19.9 Å². The van der Waals surface area contributed by atoms with Crippen molar-refractivity contribution in [3.63, 3.8) is 0 Å². The zero-order chi connectivity index (χ0) is 14.8. The van der Waals surface area contributed by atoms with Gasteiger partial charge >= 0.3 is 0 Å². The van der Waals surface area contributed by atoms with Gasteiger partial charge in [-0.15, -0.1) is 0 Å². The predicted molar refractivity (Wildman–Crippen MR) is 82.7 cm³/mol. The molecule has 1 N–H and O–H groups in total. The highest BCUT2D eigenvalue weighted by Crippen LogP contribution is 2.63. The van der Waals surface area contributed by atoms with E-state index < -0.39 is 0 Å². The van der Waals surface area contributed by atoms with Crippen LogP contribution in [0, 0.1) is 28.6 Å². The van der Waals surface area contributed by atoms with Crippen LogP contribution in [0.15, 0.2) is 11.6 Å². The minimum atomic E-state index is -0.0814. The van der Waals surface area contributed by atoms with Gasteiger partial charge in [-0.3, -0.25) is 4.79 Å². The van der Waals surface area contributed by atoms with Gasteiger partial charge < -0.3 is 5.11 Å². The Bertz CT molecular complexity index is 508. The molecular formula is C19H28O2. The molecule has 2 unspecified atom stereocenters. The van der Waals surface area contributed by atoms with Crippen LogP contribution in [0.5, 0.6) is 0 Å². The van der Waals surface area contributed by atoms with E-state index in [0.29, 0.717) is 29.0 Å². The van der Waals surface area contributed by atoms with Gasteiger partial charge in [-0.1, -0.05) is 25.5 Å². The number of Topliss-reactive ketones (excluding diaryl/α,β-unsaturated/α-hetero) is 1. The number of carbonyl (C=O) groups excluding carboxylic acids is 1. The fourth-order valence-electron chi connectivity index (χ4n) is 6.29. The van der Waals surface area contributed by atoms with Crippen LogP contribution >= 0.6 is 0 Å². The van der Waals surface area contributed by atoms with Gasteiger partial charge in [-0.25, -0.2) is 0 Å². The van der Waals surface area contributed by atoms with Crippen molar-refractivity contribution in [2.45, 2.75) is 71.3 Å². The molecule has 0 aromatic heterocycles. The number of rotatable bonds is 0. The van der Waals surface area contributed by atoms with E-state index >= 15 is 0 Å². The summed E-state index contributed by atoms with van der Waals surface area (Å²) in [6.45, 7) is 4.67. The molecule has 0 heterocycles. The fraction of sp³-hybridized carbons (Fsp3) is 0.842. The molecule has 0 aromatic carbocycles. The Morgan fingerprint density at radius 2 is 1.95 bits per heavy atom. The van der Waals surface area contributed by atoms with E-state index in [0.717, 1.165) is 38.5 Å². The second kappa shape index (κ2) is 4.44. The van der Waals surface area contributed by atoms with Crippen LogP contribution < -0.4 is 0 Å². The Morgan fingerprint density at radius 1 is 1.14 bits per heavy atom. The molecule has 0 saturated heterocycles. The number of ketones is 1. The van der Waals surface area contributed by atoms with Crippen molar-refractivity contribution in [1.29, 1.82) is 0 Å². The van der Waals surface area contributed by atoms with Crippen LogP contribution in [0.1, 0.15) is 65.2 Å². The molecular weight excluding hydrogens is 260 g/mol. The van der Waals surface area contributed by atoms with Crippen molar-refractivity contribution in [2.24, 2.45) is 28.6 Å². The maximum absolute atomic E-state index is 12.3. The van der Waals surface area contributed by atoms with Crippen molar-refractivity contribution in [3.8, 4) is 0 Å². The van der Waals surface area contributed by atoms with Crippen molar-refractivity contribution >= 4 is 5.78 Å². The van der Waals surface area contributed by atoms with Gasteiger partial charge in [0.05, 0.1) is 6.10 Å². The lowest BCUT2D eigenvalue weighted by atomic mass is 9.49. The molecule has 0 aromatic rings. The minimum Gasteiger partial charge on any atom is -0.393 e. The van der Waals surface area contributed by atoms with Crippen LogP contribution in [0.4, 0.5) is 0 Å². The maximum Gasteiger partial charge on any atom is 0.139 e. The van der Waals surface area contributed by atoms with Crippen molar-refractivity contribution in [2.75, 3.05) is 0 Å². The van der Waals surface area contributed by atoms with Gasteiger partial charge in [0.15, 0.2) is 0 Å². The molecule has 0 aliphatic heterocycles. The third-order valence-electron chi connectivity index (χ3n) is 7.71. The van der Waals surface area contributed by atoms with Crippen LogP contribution in [0.2, 0.25) is 0 Å². The zero-order valence-electron chi connectivity index (χ0n) is 13.4. The Hall–Kier alpha value is -0.630. The lowest BCUT2D eigenvalue weighted by molar-refractivity contribution is -0.127. The lowest BCUT2D eigenvalue weighted by Crippen LogP contribution is -2.48. The summed E-state index contributed by atoms with van der Waals surface area (Å²) in [7, 11) is 0. The number of fused-ring (bicyclic) bond motifs is 5. The third-order valence-corrected chi connectivity index (χ3v) is 7.71. The van der Waals surface area contributed by atoms with Gasteiger partial charge in [0.2, 0.25) is 0 Å². The summed E-state index contributed by atoms with van der Waals surface area (Å²) in [5.74, 6) is 2.40. The zero-order valence-corrected chi connectivity index (χ0v) is 13.4. The first-order valence-corrected chi connectivity index (χ1v) is 8.87. The molecule has 3 fully saturated rings. The molecule has 4 aliphatic carbocycles. The molecule has 0 amide bonds. The highest BCUT2D eigenvalue weighted by Gasteiger charge is 2.56. The first kappa shape index (κ1) is 14.0. The Kier molecular flexibility index (Phi) is 2.96. The van der Waals surface area contributed by atoms with Crippen molar-refractivity contribution < 1.29 is 9.90 Å². The van der Waals surface area contributed by atoms with Gasteiger partial charge in [0.25, 0.3) is 0 Å². The normalized spacial score (nSPS) is 52.7. The lowest BCUT2D eigenvalue weighted by Gasteiger charge is -2.55. The standard InChI is InChI=1S/C19H28O2/c1-18-9-7-13(20)11-12(18)3-4-14-15-5-6-17(21)19(15,2)10-8-16(14)18/h8,12-15,20H,3-7,9-11H2,1-2H3/t12?,13?,14-,15-,18-,19-/m0/s1. The number of aliphatic hydroxyl groups is 1. The third kappa shape index (κ3) is 1.78. The van der Waals surface area contributed by atoms with E-state index in [1.165, 1.54) is 12.8 Å². The molecule has 3 saturated carbocycles. The van der Waals surface area contributed by atoms with E-state index in [1.807, 2.05) is 0 Å².